The number of nitrogens with zero attached hydrogens (tertiary/aromatic N) is 3. The van der Waals surface area contributed by atoms with Gasteiger partial charge in [-0.1, -0.05) is 29.8 Å². The Bertz CT molecular complexity index is 854. The number of carbonyl (C=O) groups excluding carboxylic acids is 1. The molecule has 1 aliphatic heterocycles. The molecular weight excluding hydrogens is 370 g/mol. The van der Waals surface area contributed by atoms with Gasteiger partial charge in [0.1, 0.15) is 0 Å². The second-order valence-corrected chi connectivity index (χ2v) is 7.56. The van der Waals surface area contributed by atoms with E-state index in [2.05, 4.69) is 5.10 Å². The lowest BCUT2D eigenvalue weighted by molar-refractivity contribution is 0.0384. The Labute approximate surface area is 161 Å². The van der Waals surface area contributed by atoms with Crippen LogP contribution in [0.1, 0.15) is 28.9 Å². The number of halogens is 1. The predicted octanol–water partition coefficient (Wildman–Crippen LogP) is 3.13. The zero-order chi connectivity index (χ0) is 19.0. The van der Waals surface area contributed by atoms with Gasteiger partial charge in [0.25, 0.3) is 0 Å². The fraction of sp³-hybridized carbons (Fsp3) is 0.421. The molecule has 0 unspecified atom stereocenters. The van der Waals surface area contributed by atoms with Gasteiger partial charge in [-0.3, -0.25) is 0 Å². The van der Waals surface area contributed by atoms with E-state index < -0.39 is 5.97 Å². The van der Waals surface area contributed by atoms with Crippen molar-refractivity contribution in [1.29, 1.82) is 0 Å². The number of aromatic nitrogens is 2. The molecule has 1 amide bonds. The zero-order valence-electron chi connectivity index (χ0n) is 14.6. The lowest BCUT2D eigenvalue weighted by atomic mass is 10.0. The number of ether oxygens (including phenoxy) is 1. The number of rotatable bonds is 4. The summed E-state index contributed by atoms with van der Waals surface area (Å²) >= 11 is 6.17. The molecule has 2 fully saturated rings. The quantitative estimate of drug-likeness (QED) is 0.868. The van der Waals surface area contributed by atoms with Crippen molar-refractivity contribution in [3.05, 3.63) is 52.8 Å². The summed E-state index contributed by atoms with van der Waals surface area (Å²) in [5.74, 6) is -0.335. The number of likely N-dealkylation sites (tertiary alicyclic amines) is 1. The van der Waals surface area contributed by atoms with Crippen molar-refractivity contribution in [2.24, 2.45) is 11.8 Å². The molecule has 7 nitrogen and oxygen atoms in total. The molecule has 4 rings (SSSR count). The molecular formula is C19H20ClN3O4. The second kappa shape index (κ2) is 7.32. The Balaban J connectivity index is 1.31. The molecule has 1 saturated heterocycles. The van der Waals surface area contributed by atoms with Crippen LogP contribution in [0.25, 0.3) is 0 Å². The van der Waals surface area contributed by atoms with Gasteiger partial charge in [-0.15, -0.1) is 0 Å². The van der Waals surface area contributed by atoms with Crippen LogP contribution < -0.4 is 0 Å². The largest absolute Gasteiger partial charge is 0.476 e. The molecule has 3 atom stereocenters. The standard InChI is InChI=1S/C19H20ClN3O4/c20-16-4-2-1-3-12(16)11-27-15-7-13-9-22(10-14(13)8-15)19(26)23-6-5-17(21-23)18(24)25/h1-6,13-15H,7-11H2,(H,24,25)/t13-,14+,15-. The van der Waals surface area contributed by atoms with E-state index in [1.54, 1.807) is 4.90 Å². The third-order valence-corrected chi connectivity index (χ3v) is 5.78. The Morgan fingerprint density at radius 2 is 1.89 bits per heavy atom. The van der Waals surface area contributed by atoms with E-state index in [0.717, 1.165) is 23.1 Å². The van der Waals surface area contributed by atoms with Crippen molar-refractivity contribution in [2.45, 2.75) is 25.6 Å². The number of amides is 1. The van der Waals surface area contributed by atoms with Gasteiger partial charge in [0.05, 0.1) is 12.7 Å². The molecule has 27 heavy (non-hydrogen) atoms. The molecule has 1 aromatic heterocycles. The zero-order valence-corrected chi connectivity index (χ0v) is 15.4. The second-order valence-electron chi connectivity index (χ2n) is 7.15. The Kier molecular flexibility index (Phi) is 4.88. The Morgan fingerprint density at radius 1 is 1.19 bits per heavy atom. The molecule has 0 spiro atoms. The van der Waals surface area contributed by atoms with Crippen LogP contribution in [-0.2, 0) is 11.3 Å². The number of carboxylic acid groups (broad SMARTS) is 1. The van der Waals surface area contributed by atoms with Gasteiger partial charge in [-0.05, 0) is 42.4 Å². The molecule has 2 aliphatic rings. The summed E-state index contributed by atoms with van der Waals surface area (Å²) in [6.07, 6.45) is 3.41. The maximum absolute atomic E-state index is 12.5. The highest BCUT2D eigenvalue weighted by molar-refractivity contribution is 6.31. The van der Waals surface area contributed by atoms with Crippen molar-refractivity contribution in [3.8, 4) is 0 Å². The van der Waals surface area contributed by atoms with E-state index in [4.69, 9.17) is 21.4 Å². The molecule has 8 heteroatoms. The van der Waals surface area contributed by atoms with Crippen LogP contribution in [0.4, 0.5) is 4.79 Å². The average molecular weight is 390 g/mol. The first-order valence-corrected chi connectivity index (χ1v) is 9.32. The van der Waals surface area contributed by atoms with Crippen LogP contribution in [0.5, 0.6) is 0 Å². The normalized spacial score (nSPS) is 24.2. The number of benzene rings is 1. The minimum Gasteiger partial charge on any atom is -0.476 e. The van der Waals surface area contributed by atoms with Gasteiger partial charge in [0.2, 0.25) is 0 Å². The van der Waals surface area contributed by atoms with Crippen LogP contribution in [0.15, 0.2) is 36.5 Å². The maximum atomic E-state index is 12.5. The monoisotopic (exact) mass is 389 g/mol. The minimum atomic E-state index is -1.14. The van der Waals surface area contributed by atoms with Gasteiger partial charge >= 0.3 is 12.0 Å². The van der Waals surface area contributed by atoms with E-state index in [1.807, 2.05) is 24.3 Å². The molecule has 1 saturated carbocycles. The van der Waals surface area contributed by atoms with Crippen molar-refractivity contribution < 1.29 is 19.4 Å². The van der Waals surface area contributed by atoms with Crippen molar-refractivity contribution >= 4 is 23.6 Å². The number of carbonyl (C=O) groups is 2. The summed E-state index contributed by atoms with van der Waals surface area (Å²) < 4.78 is 7.15. The number of carboxylic acids is 1. The fourth-order valence-corrected chi connectivity index (χ4v) is 4.24. The number of hydrogen-bond donors (Lipinski definition) is 1. The third-order valence-electron chi connectivity index (χ3n) is 5.41. The van der Waals surface area contributed by atoms with E-state index >= 15 is 0 Å². The molecule has 1 aromatic carbocycles. The van der Waals surface area contributed by atoms with E-state index in [9.17, 15) is 9.59 Å². The van der Waals surface area contributed by atoms with Crippen LogP contribution in [0.2, 0.25) is 5.02 Å². The smallest absolute Gasteiger partial charge is 0.356 e. The van der Waals surface area contributed by atoms with E-state index in [-0.39, 0.29) is 17.8 Å². The van der Waals surface area contributed by atoms with Crippen LogP contribution >= 0.6 is 11.6 Å². The van der Waals surface area contributed by atoms with Gasteiger partial charge in [-0.25, -0.2) is 9.59 Å². The number of aromatic carboxylic acids is 1. The lowest BCUT2D eigenvalue weighted by Crippen LogP contribution is -2.34. The van der Waals surface area contributed by atoms with Crippen LogP contribution in [0.3, 0.4) is 0 Å². The highest BCUT2D eigenvalue weighted by Crippen LogP contribution is 2.40. The maximum Gasteiger partial charge on any atom is 0.356 e. The van der Waals surface area contributed by atoms with Crippen molar-refractivity contribution in [2.75, 3.05) is 13.1 Å². The first-order valence-electron chi connectivity index (χ1n) is 8.94. The molecule has 2 aromatic rings. The Hall–Kier alpha value is -2.38. The molecule has 0 radical (unpaired) electrons. The molecule has 1 aliphatic carbocycles. The molecule has 1 N–H and O–H groups in total. The molecule has 2 heterocycles. The van der Waals surface area contributed by atoms with Gasteiger partial charge in [-0.2, -0.15) is 9.78 Å². The number of hydrogen-bond acceptors (Lipinski definition) is 4. The van der Waals surface area contributed by atoms with Gasteiger partial charge in [0, 0.05) is 24.3 Å². The predicted molar refractivity (Wildman–Crippen MR) is 97.8 cm³/mol. The lowest BCUT2D eigenvalue weighted by Gasteiger charge is -2.19. The molecule has 0 bridgehead atoms. The van der Waals surface area contributed by atoms with Crippen LogP contribution in [-0.4, -0.2) is 51.0 Å². The summed E-state index contributed by atoms with van der Waals surface area (Å²) in [6.45, 7) is 1.80. The molecule has 142 valence electrons. The van der Waals surface area contributed by atoms with Crippen molar-refractivity contribution in [3.63, 3.8) is 0 Å². The van der Waals surface area contributed by atoms with Gasteiger partial charge < -0.3 is 14.7 Å². The first kappa shape index (κ1) is 18.0. The number of fused-ring (bicyclic) bond motifs is 1. The first-order chi connectivity index (χ1) is 13.0. The SMILES string of the molecule is O=C(O)c1ccn(C(=O)N2C[C@H]3C[C@@H](OCc4ccccc4Cl)C[C@H]3C2)n1. The minimum absolute atomic E-state index is 0.129. The van der Waals surface area contributed by atoms with E-state index in [1.165, 1.54) is 12.3 Å². The topological polar surface area (TPSA) is 84.7 Å². The summed E-state index contributed by atoms with van der Waals surface area (Å²) in [6, 6.07) is 8.73. The van der Waals surface area contributed by atoms with Crippen LogP contribution in [0, 0.1) is 11.8 Å². The summed E-state index contributed by atoms with van der Waals surface area (Å²) in [7, 11) is 0. The van der Waals surface area contributed by atoms with Crippen molar-refractivity contribution in [1.82, 2.24) is 14.7 Å². The van der Waals surface area contributed by atoms with E-state index in [0.29, 0.717) is 36.6 Å². The summed E-state index contributed by atoms with van der Waals surface area (Å²) in [5.41, 5.74) is 0.858. The summed E-state index contributed by atoms with van der Waals surface area (Å²) in [4.78, 5) is 25.2. The summed E-state index contributed by atoms with van der Waals surface area (Å²) in [5, 5.41) is 13.5. The highest BCUT2D eigenvalue weighted by Gasteiger charge is 2.43. The Morgan fingerprint density at radius 3 is 2.52 bits per heavy atom. The fourth-order valence-electron chi connectivity index (χ4n) is 4.05. The van der Waals surface area contributed by atoms with Gasteiger partial charge in [0.15, 0.2) is 5.69 Å². The average Bonchev–Trinajstić information content (AvgIpc) is 3.35. The third kappa shape index (κ3) is 3.70. The highest BCUT2D eigenvalue weighted by atomic mass is 35.5.